The van der Waals surface area contributed by atoms with E-state index in [4.69, 9.17) is 5.73 Å². The molecule has 1 fully saturated rings. The molecule has 80 valence electrons. The summed E-state index contributed by atoms with van der Waals surface area (Å²) in [5.41, 5.74) is 6.58. The highest BCUT2D eigenvalue weighted by Gasteiger charge is 2.18. The Morgan fingerprint density at radius 1 is 1.40 bits per heavy atom. The highest BCUT2D eigenvalue weighted by Crippen LogP contribution is 2.12. The van der Waals surface area contributed by atoms with Gasteiger partial charge in [-0.1, -0.05) is 0 Å². The van der Waals surface area contributed by atoms with Crippen LogP contribution in [0.15, 0.2) is 18.3 Å². The highest BCUT2D eigenvalue weighted by atomic mass is 32.2. The van der Waals surface area contributed by atoms with Gasteiger partial charge in [-0.15, -0.1) is 0 Å². The number of aromatic nitrogens is 1. The normalized spacial score (nSPS) is 16.4. The largest absolute Gasteiger partial charge is 0.397 e. The first kappa shape index (κ1) is 10.3. The van der Waals surface area contributed by atoms with Crippen molar-refractivity contribution < 1.29 is 4.79 Å². The van der Waals surface area contributed by atoms with Gasteiger partial charge in [-0.3, -0.25) is 4.79 Å². The SMILES string of the molecule is Nc1ccc(C(=O)N2CCSCC2)nc1. The Morgan fingerprint density at radius 2 is 2.13 bits per heavy atom. The molecule has 1 aromatic rings. The molecule has 0 spiro atoms. The molecular formula is C10H13N3OS. The van der Waals surface area contributed by atoms with Crippen LogP contribution in [0.1, 0.15) is 10.5 Å². The molecular weight excluding hydrogens is 210 g/mol. The summed E-state index contributed by atoms with van der Waals surface area (Å²) in [6.07, 6.45) is 1.52. The highest BCUT2D eigenvalue weighted by molar-refractivity contribution is 7.99. The van der Waals surface area contributed by atoms with Crippen LogP contribution in [0.3, 0.4) is 0 Å². The molecule has 4 nitrogen and oxygen atoms in total. The lowest BCUT2D eigenvalue weighted by atomic mass is 10.3. The number of nitrogen functional groups attached to an aromatic ring is 1. The van der Waals surface area contributed by atoms with Crippen LogP contribution in [0.2, 0.25) is 0 Å². The lowest BCUT2D eigenvalue weighted by molar-refractivity contribution is 0.0766. The Hall–Kier alpha value is -1.23. The summed E-state index contributed by atoms with van der Waals surface area (Å²) in [7, 11) is 0. The minimum atomic E-state index is 0.00954. The quantitative estimate of drug-likeness (QED) is 0.767. The van der Waals surface area contributed by atoms with E-state index in [0.717, 1.165) is 24.6 Å². The third-order valence-corrected chi connectivity index (χ3v) is 3.25. The molecule has 0 unspecified atom stereocenters. The second-order valence-electron chi connectivity index (χ2n) is 3.38. The summed E-state index contributed by atoms with van der Waals surface area (Å²) in [4.78, 5) is 17.8. The van der Waals surface area contributed by atoms with Gasteiger partial charge in [0, 0.05) is 24.6 Å². The van der Waals surface area contributed by atoms with Gasteiger partial charge in [-0.05, 0) is 12.1 Å². The first-order valence-corrected chi connectivity index (χ1v) is 6.01. The number of carbonyl (C=O) groups excluding carboxylic acids is 1. The molecule has 0 aliphatic carbocycles. The van der Waals surface area contributed by atoms with Crippen LogP contribution in [-0.4, -0.2) is 40.4 Å². The molecule has 15 heavy (non-hydrogen) atoms. The van der Waals surface area contributed by atoms with Crippen LogP contribution in [0, 0.1) is 0 Å². The number of hydrogen-bond acceptors (Lipinski definition) is 4. The molecule has 1 saturated heterocycles. The van der Waals surface area contributed by atoms with Gasteiger partial charge in [0.1, 0.15) is 5.69 Å². The van der Waals surface area contributed by atoms with Crippen molar-refractivity contribution in [3.05, 3.63) is 24.0 Å². The summed E-state index contributed by atoms with van der Waals surface area (Å²) in [5.74, 6) is 2.04. The molecule has 0 bridgehead atoms. The van der Waals surface area contributed by atoms with Crippen molar-refractivity contribution in [2.24, 2.45) is 0 Å². The number of nitrogens with two attached hydrogens (primary N) is 1. The zero-order valence-electron chi connectivity index (χ0n) is 8.35. The van der Waals surface area contributed by atoms with Gasteiger partial charge in [-0.2, -0.15) is 11.8 Å². The molecule has 1 aromatic heterocycles. The maximum atomic E-state index is 11.9. The average Bonchev–Trinajstić information content (AvgIpc) is 2.30. The lowest BCUT2D eigenvalue weighted by Gasteiger charge is -2.25. The summed E-state index contributed by atoms with van der Waals surface area (Å²) in [6.45, 7) is 1.63. The molecule has 2 heterocycles. The standard InChI is InChI=1S/C10H13N3OS/c11-8-1-2-9(12-7-8)10(14)13-3-5-15-6-4-13/h1-2,7H,3-6,11H2. The Labute approximate surface area is 92.9 Å². The molecule has 0 saturated carbocycles. The minimum Gasteiger partial charge on any atom is -0.397 e. The van der Waals surface area contributed by atoms with Gasteiger partial charge < -0.3 is 10.6 Å². The summed E-state index contributed by atoms with van der Waals surface area (Å²) in [6, 6.07) is 3.39. The third kappa shape index (κ3) is 2.41. The molecule has 1 aliphatic heterocycles. The van der Waals surface area contributed by atoms with Crippen LogP contribution in [-0.2, 0) is 0 Å². The lowest BCUT2D eigenvalue weighted by Crippen LogP contribution is -2.38. The van der Waals surface area contributed by atoms with Crippen molar-refractivity contribution in [2.45, 2.75) is 0 Å². The summed E-state index contributed by atoms with van der Waals surface area (Å²) < 4.78 is 0. The molecule has 1 amide bonds. The van der Waals surface area contributed by atoms with Crippen molar-refractivity contribution in [2.75, 3.05) is 30.3 Å². The summed E-state index contributed by atoms with van der Waals surface area (Å²) in [5, 5.41) is 0. The number of pyridine rings is 1. The van der Waals surface area contributed by atoms with E-state index in [0.29, 0.717) is 11.4 Å². The Morgan fingerprint density at radius 3 is 2.73 bits per heavy atom. The number of rotatable bonds is 1. The van der Waals surface area contributed by atoms with Gasteiger partial charge in [0.2, 0.25) is 0 Å². The number of amides is 1. The fourth-order valence-electron chi connectivity index (χ4n) is 1.46. The van der Waals surface area contributed by atoms with Crippen molar-refractivity contribution in [1.29, 1.82) is 0 Å². The van der Waals surface area contributed by atoms with Crippen LogP contribution in [0.5, 0.6) is 0 Å². The maximum absolute atomic E-state index is 11.9. The second kappa shape index (κ2) is 4.53. The number of nitrogens with zero attached hydrogens (tertiary/aromatic N) is 2. The van der Waals surface area contributed by atoms with Crippen molar-refractivity contribution in [3.63, 3.8) is 0 Å². The van der Waals surface area contributed by atoms with Gasteiger partial charge in [-0.25, -0.2) is 4.98 Å². The van der Waals surface area contributed by atoms with Crippen LogP contribution < -0.4 is 5.73 Å². The fourth-order valence-corrected chi connectivity index (χ4v) is 2.36. The van der Waals surface area contributed by atoms with Gasteiger partial charge in [0.25, 0.3) is 5.91 Å². The number of thioether (sulfide) groups is 1. The fraction of sp³-hybridized carbons (Fsp3) is 0.400. The second-order valence-corrected chi connectivity index (χ2v) is 4.61. The first-order valence-electron chi connectivity index (χ1n) is 4.86. The van der Waals surface area contributed by atoms with E-state index in [1.807, 2.05) is 16.7 Å². The zero-order valence-corrected chi connectivity index (χ0v) is 9.17. The van der Waals surface area contributed by atoms with Crippen molar-refractivity contribution >= 4 is 23.4 Å². The van der Waals surface area contributed by atoms with Crippen LogP contribution in [0.25, 0.3) is 0 Å². The van der Waals surface area contributed by atoms with Crippen LogP contribution >= 0.6 is 11.8 Å². The van der Waals surface area contributed by atoms with Gasteiger partial charge >= 0.3 is 0 Å². The molecule has 0 aromatic carbocycles. The molecule has 5 heteroatoms. The predicted molar refractivity (Wildman–Crippen MR) is 61.9 cm³/mol. The van der Waals surface area contributed by atoms with E-state index in [2.05, 4.69) is 4.98 Å². The van der Waals surface area contributed by atoms with Crippen LogP contribution in [0.4, 0.5) is 5.69 Å². The monoisotopic (exact) mass is 223 g/mol. The zero-order chi connectivity index (χ0) is 10.7. The van der Waals surface area contributed by atoms with Crippen molar-refractivity contribution in [1.82, 2.24) is 9.88 Å². The predicted octanol–water partition coefficient (Wildman–Crippen LogP) is 0.853. The summed E-state index contributed by atoms with van der Waals surface area (Å²) >= 11 is 1.88. The van der Waals surface area contributed by atoms with E-state index in [-0.39, 0.29) is 5.91 Å². The smallest absolute Gasteiger partial charge is 0.272 e. The van der Waals surface area contributed by atoms with Gasteiger partial charge in [0.15, 0.2) is 0 Å². The van der Waals surface area contributed by atoms with Gasteiger partial charge in [0.05, 0.1) is 11.9 Å². The maximum Gasteiger partial charge on any atom is 0.272 e. The molecule has 2 rings (SSSR count). The van der Waals surface area contributed by atoms with E-state index in [1.165, 1.54) is 6.20 Å². The van der Waals surface area contributed by atoms with E-state index in [1.54, 1.807) is 12.1 Å². The van der Waals surface area contributed by atoms with Crippen molar-refractivity contribution in [3.8, 4) is 0 Å². The average molecular weight is 223 g/mol. The number of carbonyl (C=O) groups is 1. The molecule has 2 N–H and O–H groups in total. The Kier molecular flexibility index (Phi) is 3.11. The van der Waals surface area contributed by atoms with E-state index >= 15 is 0 Å². The van der Waals surface area contributed by atoms with E-state index in [9.17, 15) is 4.79 Å². The minimum absolute atomic E-state index is 0.00954. The van der Waals surface area contributed by atoms with E-state index < -0.39 is 0 Å². The first-order chi connectivity index (χ1) is 7.27. The molecule has 0 atom stereocenters. The molecule has 1 aliphatic rings. The number of hydrogen-bond donors (Lipinski definition) is 1. The topological polar surface area (TPSA) is 59.2 Å². The molecule has 0 radical (unpaired) electrons. The Bertz CT molecular complexity index is 346. The Balaban J connectivity index is 2.09. The third-order valence-electron chi connectivity index (χ3n) is 2.30. The number of anilines is 1.